The molecule has 0 aromatic carbocycles. The summed E-state index contributed by atoms with van der Waals surface area (Å²) in [6.07, 6.45) is 11.3. The lowest BCUT2D eigenvalue weighted by Gasteiger charge is -2.28. The van der Waals surface area contributed by atoms with E-state index in [1.807, 2.05) is 12.2 Å². The molecule has 3 atom stereocenters. The van der Waals surface area contributed by atoms with E-state index in [1.165, 1.54) is 0 Å². The lowest BCUT2D eigenvalue weighted by Crippen LogP contribution is -2.56. The van der Waals surface area contributed by atoms with Gasteiger partial charge in [0.1, 0.15) is 12.1 Å². The highest BCUT2D eigenvalue weighted by atomic mass is 32.2. The molecular formula is C21H33N3O5S. The summed E-state index contributed by atoms with van der Waals surface area (Å²) in [7, 11) is -3.71. The van der Waals surface area contributed by atoms with Gasteiger partial charge in [0.15, 0.2) is 0 Å². The second-order valence-electron chi connectivity index (χ2n) is 8.68. The first-order valence-corrected chi connectivity index (χ1v) is 12.7. The van der Waals surface area contributed by atoms with Crippen LogP contribution in [0.25, 0.3) is 0 Å². The number of nitrogens with one attached hydrogen (secondary N) is 2. The molecule has 3 amide bonds. The Morgan fingerprint density at radius 3 is 2.57 bits per heavy atom. The van der Waals surface area contributed by atoms with Gasteiger partial charge < -0.3 is 10.2 Å². The fourth-order valence-corrected chi connectivity index (χ4v) is 5.48. The Bertz CT molecular complexity index is 790. The molecule has 0 bridgehead atoms. The summed E-state index contributed by atoms with van der Waals surface area (Å²) in [5.41, 5.74) is 0. The number of amides is 3. The zero-order valence-corrected chi connectivity index (χ0v) is 18.5. The van der Waals surface area contributed by atoms with E-state index in [0.29, 0.717) is 32.2 Å². The fraction of sp³-hybridized carbons (Fsp3) is 0.762. The van der Waals surface area contributed by atoms with Crippen LogP contribution >= 0.6 is 0 Å². The van der Waals surface area contributed by atoms with Crippen LogP contribution < -0.4 is 10.0 Å². The first-order valence-electron chi connectivity index (χ1n) is 11.1. The molecule has 3 aliphatic rings. The van der Waals surface area contributed by atoms with Crippen LogP contribution in [0.5, 0.6) is 0 Å². The zero-order chi connectivity index (χ0) is 21.7. The molecule has 1 unspecified atom stereocenters. The Morgan fingerprint density at radius 2 is 1.83 bits per heavy atom. The molecule has 1 saturated carbocycles. The van der Waals surface area contributed by atoms with Gasteiger partial charge in [0.05, 0.1) is 5.25 Å². The molecule has 0 aromatic heterocycles. The number of allylic oxidation sites excluding steroid dienone is 1. The van der Waals surface area contributed by atoms with Gasteiger partial charge in [-0.25, -0.2) is 8.42 Å². The highest BCUT2D eigenvalue weighted by Crippen LogP contribution is 2.27. The van der Waals surface area contributed by atoms with Crippen molar-refractivity contribution in [3.05, 3.63) is 12.2 Å². The second kappa shape index (κ2) is 9.94. The van der Waals surface area contributed by atoms with E-state index in [-0.39, 0.29) is 17.7 Å². The average Bonchev–Trinajstić information content (AvgIpc) is 3.44. The lowest BCUT2D eigenvalue weighted by molar-refractivity contribution is -0.139. The van der Waals surface area contributed by atoms with Crippen molar-refractivity contribution in [3.8, 4) is 0 Å². The van der Waals surface area contributed by atoms with Crippen LogP contribution in [0.3, 0.4) is 0 Å². The van der Waals surface area contributed by atoms with E-state index in [4.69, 9.17) is 0 Å². The third kappa shape index (κ3) is 5.83. The van der Waals surface area contributed by atoms with E-state index >= 15 is 0 Å². The molecule has 0 radical (unpaired) electrons. The predicted octanol–water partition coefficient (Wildman–Crippen LogP) is 1.62. The zero-order valence-electron chi connectivity index (χ0n) is 17.6. The van der Waals surface area contributed by atoms with Gasteiger partial charge in [0, 0.05) is 18.9 Å². The largest absolute Gasteiger partial charge is 0.342 e. The smallest absolute Gasteiger partial charge is 0.256 e. The van der Waals surface area contributed by atoms with Crippen molar-refractivity contribution < 1.29 is 22.8 Å². The van der Waals surface area contributed by atoms with Gasteiger partial charge in [-0.05, 0) is 44.9 Å². The van der Waals surface area contributed by atoms with Gasteiger partial charge >= 0.3 is 0 Å². The quantitative estimate of drug-likeness (QED) is 0.649. The molecule has 2 N–H and O–H groups in total. The second-order valence-corrected chi connectivity index (χ2v) is 10.6. The number of sulfonamides is 1. The number of rotatable bonds is 3. The SMILES string of the molecule is C[C@H]1/C=C\CCCCCCC(=O)N2CCC[C@H]2C(=O)NC1C(=O)NS(=O)(=O)C1CC1. The van der Waals surface area contributed by atoms with Gasteiger partial charge in [-0.2, -0.15) is 0 Å². The number of hydrogen-bond acceptors (Lipinski definition) is 5. The molecule has 1 saturated heterocycles. The van der Waals surface area contributed by atoms with Gasteiger partial charge in [-0.15, -0.1) is 0 Å². The molecule has 2 aliphatic heterocycles. The third-order valence-electron chi connectivity index (χ3n) is 6.14. The Hall–Kier alpha value is -1.90. The first kappa shape index (κ1) is 22.8. The first-order chi connectivity index (χ1) is 14.3. The number of nitrogens with zero attached hydrogens (tertiary/aromatic N) is 1. The third-order valence-corrected chi connectivity index (χ3v) is 7.97. The monoisotopic (exact) mass is 439 g/mol. The fourth-order valence-electron chi connectivity index (χ4n) is 4.15. The molecule has 8 nitrogen and oxygen atoms in total. The minimum absolute atomic E-state index is 0.0222. The molecule has 9 heteroatoms. The van der Waals surface area contributed by atoms with Crippen LogP contribution in [0.1, 0.15) is 71.1 Å². The minimum Gasteiger partial charge on any atom is -0.342 e. The van der Waals surface area contributed by atoms with Crippen molar-refractivity contribution in [3.63, 3.8) is 0 Å². The normalized spacial score (nSPS) is 30.6. The summed E-state index contributed by atoms with van der Waals surface area (Å²) in [5.74, 6) is -1.50. The lowest BCUT2D eigenvalue weighted by atomic mass is 9.99. The summed E-state index contributed by atoms with van der Waals surface area (Å²) < 4.78 is 26.6. The maximum atomic E-state index is 13.0. The Kier molecular flexibility index (Phi) is 7.55. The van der Waals surface area contributed by atoms with Gasteiger partial charge in [-0.1, -0.05) is 31.9 Å². The predicted molar refractivity (Wildman–Crippen MR) is 113 cm³/mol. The summed E-state index contributed by atoms with van der Waals surface area (Å²) in [5, 5.41) is 2.23. The Balaban J connectivity index is 1.78. The molecule has 0 aromatic rings. The molecule has 1 aliphatic carbocycles. The molecule has 3 rings (SSSR count). The number of fused-ring (bicyclic) bond motifs is 1. The van der Waals surface area contributed by atoms with E-state index in [2.05, 4.69) is 10.0 Å². The highest BCUT2D eigenvalue weighted by molar-refractivity contribution is 7.90. The van der Waals surface area contributed by atoms with E-state index in [9.17, 15) is 22.8 Å². The van der Waals surface area contributed by atoms with Crippen LogP contribution in [0.4, 0.5) is 0 Å². The van der Waals surface area contributed by atoms with Crippen LogP contribution in [-0.2, 0) is 24.4 Å². The van der Waals surface area contributed by atoms with E-state index < -0.39 is 33.3 Å². The summed E-state index contributed by atoms with van der Waals surface area (Å²) in [4.78, 5) is 40.0. The topological polar surface area (TPSA) is 113 Å². The Labute approximate surface area is 178 Å². The molecule has 168 valence electrons. The standard InChI is InChI=1S/C21H33N3O5S/c1-15-9-6-4-2-3-5-7-11-18(25)24-14-8-10-17(24)20(26)22-19(15)21(27)23-30(28,29)16-12-13-16/h6,9,15-17,19H,2-5,7-8,10-14H2,1H3,(H,22,26)(H,23,27)/b9-6-/t15-,17-,19?/m0/s1. The summed E-state index contributed by atoms with van der Waals surface area (Å²) in [6.45, 7) is 2.33. The Morgan fingerprint density at radius 1 is 1.10 bits per heavy atom. The maximum Gasteiger partial charge on any atom is 0.256 e. The summed E-state index contributed by atoms with van der Waals surface area (Å²) in [6, 6.07) is -1.61. The number of carbonyl (C=O) groups excluding carboxylic acids is 3. The number of carbonyl (C=O) groups is 3. The van der Waals surface area contributed by atoms with Crippen molar-refractivity contribution >= 4 is 27.7 Å². The van der Waals surface area contributed by atoms with Crippen molar-refractivity contribution in [2.75, 3.05) is 6.54 Å². The molecule has 2 heterocycles. The maximum absolute atomic E-state index is 13.0. The summed E-state index contributed by atoms with van der Waals surface area (Å²) >= 11 is 0. The minimum atomic E-state index is -3.71. The van der Waals surface area contributed by atoms with Gasteiger partial charge in [-0.3, -0.25) is 19.1 Å². The van der Waals surface area contributed by atoms with Crippen LogP contribution in [0.15, 0.2) is 12.2 Å². The molecular weight excluding hydrogens is 406 g/mol. The van der Waals surface area contributed by atoms with E-state index in [0.717, 1.165) is 38.5 Å². The van der Waals surface area contributed by atoms with Gasteiger partial charge in [0.2, 0.25) is 21.8 Å². The van der Waals surface area contributed by atoms with Crippen molar-refractivity contribution in [1.29, 1.82) is 0 Å². The highest BCUT2D eigenvalue weighted by Gasteiger charge is 2.40. The number of hydrogen-bond donors (Lipinski definition) is 2. The van der Waals surface area contributed by atoms with Crippen molar-refractivity contribution in [1.82, 2.24) is 14.9 Å². The molecule has 2 fully saturated rings. The van der Waals surface area contributed by atoms with Gasteiger partial charge in [0.25, 0.3) is 5.91 Å². The van der Waals surface area contributed by atoms with Crippen molar-refractivity contribution in [2.24, 2.45) is 5.92 Å². The van der Waals surface area contributed by atoms with E-state index in [1.54, 1.807) is 11.8 Å². The van der Waals surface area contributed by atoms with Crippen LogP contribution in [0.2, 0.25) is 0 Å². The van der Waals surface area contributed by atoms with Crippen molar-refractivity contribution in [2.45, 2.75) is 88.5 Å². The van der Waals surface area contributed by atoms with Crippen LogP contribution in [-0.4, -0.2) is 54.9 Å². The average molecular weight is 440 g/mol. The molecule has 0 spiro atoms. The molecule has 30 heavy (non-hydrogen) atoms. The van der Waals surface area contributed by atoms with Crippen LogP contribution in [0, 0.1) is 5.92 Å².